The SMILES string of the molecule is Cc1cc(NC(=O)Oc2nccnc2Nc2ccccc2)ccn1. The molecule has 24 heavy (non-hydrogen) atoms. The predicted molar refractivity (Wildman–Crippen MR) is 90.4 cm³/mol. The van der Waals surface area contributed by atoms with Crippen LogP contribution in [0, 0.1) is 6.92 Å². The Labute approximate surface area is 138 Å². The predicted octanol–water partition coefficient (Wildman–Crippen LogP) is 3.53. The summed E-state index contributed by atoms with van der Waals surface area (Å²) in [4.78, 5) is 24.3. The zero-order chi connectivity index (χ0) is 16.8. The average Bonchev–Trinajstić information content (AvgIpc) is 2.57. The molecule has 0 aliphatic carbocycles. The second kappa shape index (κ2) is 7.19. The number of pyridine rings is 1. The van der Waals surface area contributed by atoms with E-state index in [0.717, 1.165) is 11.4 Å². The third-order valence-electron chi connectivity index (χ3n) is 3.03. The Morgan fingerprint density at radius 3 is 2.54 bits per heavy atom. The van der Waals surface area contributed by atoms with Crippen molar-refractivity contribution in [2.75, 3.05) is 10.6 Å². The average molecular weight is 321 g/mol. The summed E-state index contributed by atoms with van der Waals surface area (Å²) in [7, 11) is 0. The Morgan fingerprint density at radius 1 is 0.958 bits per heavy atom. The molecule has 0 atom stereocenters. The third kappa shape index (κ3) is 4.04. The lowest BCUT2D eigenvalue weighted by Crippen LogP contribution is -2.18. The normalized spacial score (nSPS) is 10.0. The van der Waals surface area contributed by atoms with Gasteiger partial charge in [0.15, 0.2) is 5.82 Å². The zero-order valence-corrected chi connectivity index (χ0v) is 12.9. The van der Waals surface area contributed by atoms with Gasteiger partial charge in [-0.05, 0) is 31.2 Å². The first-order chi connectivity index (χ1) is 11.7. The van der Waals surface area contributed by atoms with E-state index in [2.05, 4.69) is 25.6 Å². The van der Waals surface area contributed by atoms with Crippen LogP contribution in [0.15, 0.2) is 61.1 Å². The molecule has 2 heterocycles. The molecule has 7 heteroatoms. The summed E-state index contributed by atoms with van der Waals surface area (Å²) >= 11 is 0. The first-order valence-electron chi connectivity index (χ1n) is 7.25. The first-order valence-corrected chi connectivity index (χ1v) is 7.25. The Balaban J connectivity index is 1.72. The number of aromatic nitrogens is 3. The summed E-state index contributed by atoms with van der Waals surface area (Å²) in [6.07, 6.45) is 3.92. The summed E-state index contributed by atoms with van der Waals surface area (Å²) in [6, 6.07) is 12.8. The second-order valence-corrected chi connectivity index (χ2v) is 4.90. The lowest BCUT2D eigenvalue weighted by molar-refractivity contribution is 0.213. The van der Waals surface area contributed by atoms with E-state index in [1.165, 1.54) is 12.4 Å². The lowest BCUT2D eigenvalue weighted by Gasteiger charge is -2.10. The zero-order valence-electron chi connectivity index (χ0n) is 12.9. The van der Waals surface area contributed by atoms with Crippen LogP contribution in [-0.2, 0) is 0 Å². The van der Waals surface area contributed by atoms with E-state index in [1.807, 2.05) is 37.3 Å². The smallest absolute Gasteiger partial charge is 0.387 e. The van der Waals surface area contributed by atoms with E-state index in [4.69, 9.17) is 4.74 Å². The van der Waals surface area contributed by atoms with Crippen molar-refractivity contribution in [2.45, 2.75) is 6.92 Å². The van der Waals surface area contributed by atoms with Gasteiger partial charge in [-0.25, -0.2) is 14.8 Å². The van der Waals surface area contributed by atoms with E-state index < -0.39 is 6.09 Å². The van der Waals surface area contributed by atoms with E-state index in [0.29, 0.717) is 11.5 Å². The van der Waals surface area contributed by atoms with Gasteiger partial charge in [-0.1, -0.05) is 18.2 Å². The van der Waals surface area contributed by atoms with Crippen molar-refractivity contribution < 1.29 is 9.53 Å². The van der Waals surface area contributed by atoms with Crippen LogP contribution in [0.1, 0.15) is 5.69 Å². The van der Waals surface area contributed by atoms with Crippen molar-refractivity contribution in [3.05, 3.63) is 66.7 Å². The number of nitrogens with one attached hydrogen (secondary N) is 2. The van der Waals surface area contributed by atoms with E-state index in [9.17, 15) is 4.79 Å². The summed E-state index contributed by atoms with van der Waals surface area (Å²) < 4.78 is 5.25. The Bertz CT molecular complexity index is 839. The number of benzene rings is 1. The van der Waals surface area contributed by atoms with E-state index in [1.54, 1.807) is 18.3 Å². The van der Waals surface area contributed by atoms with Gasteiger partial charge in [-0.15, -0.1) is 0 Å². The van der Waals surface area contributed by atoms with Crippen LogP contribution in [0.2, 0.25) is 0 Å². The molecule has 0 saturated carbocycles. The van der Waals surface area contributed by atoms with Crippen molar-refractivity contribution in [1.82, 2.24) is 15.0 Å². The van der Waals surface area contributed by atoms with Gasteiger partial charge in [-0.2, -0.15) is 0 Å². The van der Waals surface area contributed by atoms with Crippen molar-refractivity contribution >= 4 is 23.3 Å². The molecule has 0 radical (unpaired) electrons. The number of hydrogen-bond acceptors (Lipinski definition) is 6. The van der Waals surface area contributed by atoms with Gasteiger partial charge in [0.2, 0.25) is 0 Å². The molecule has 3 rings (SSSR count). The number of carbonyl (C=O) groups is 1. The van der Waals surface area contributed by atoms with Gasteiger partial charge >= 0.3 is 6.09 Å². The molecule has 0 aliphatic rings. The molecule has 0 fully saturated rings. The molecule has 0 saturated heterocycles. The lowest BCUT2D eigenvalue weighted by atomic mass is 10.3. The van der Waals surface area contributed by atoms with Crippen molar-refractivity contribution in [1.29, 1.82) is 0 Å². The van der Waals surface area contributed by atoms with Gasteiger partial charge in [0, 0.05) is 35.7 Å². The fourth-order valence-corrected chi connectivity index (χ4v) is 2.00. The summed E-state index contributed by atoms with van der Waals surface area (Å²) in [5.41, 5.74) is 2.20. The van der Waals surface area contributed by atoms with Crippen LogP contribution in [0.25, 0.3) is 0 Å². The molecule has 2 aromatic heterocycles. The minimum Gasteiger partial charge on any atom is -0.387 e. The molecule has 2 N–H and O–H groups in total. The van der Waals surface area contributed by atoms with E-state index in [-0.39, 0.29) is 5.88 Å². The van der Waals surface area contributed by atoms with Gasteiger partial charge in [-0.3, -0.25) is 10.3 Å². The van der Waals surface area contributed by atoms with Crippen molar-refractivity contribution in [3.8, 4) is 5.88 Å². The number of ether oxygens (including phenoxy) is 1. The Morgan fingerprint density at radius 2 is 1.75 bits per heavy atom. The third-order valence-corrected chi connectivity index (χ3v) is 3.03. The van der Waals surface area contributed by atoms with Gasteiger partial charge in [0.25, 0.3) is 5.88 Å². The largest absolute Gasteiger partial charge is 0.418 e. The molecule has 120 valence electrons. The first kappa shape index (κ1) is 15.4. The second-order valence-electron chi connectivity index (χ2n) is 4.90. The van der Waals surface area contributed by atoms with Crippen molar-refractivity contribution in [3.63, 3.8) is 0 Å². The van der Waals surface area contributed by atoms with E-state index >= 15 is 0 Å². The molecular weight excluding hydrogens is 306 g/mol. The highest BCUT2D eigenvalue weighted by molar-refractivity contribution is 5.86. The quantitative estimate of drug-likeness (QED) is 0.764. The van der Waals surface area contributed by atoms with Gasteiger partial charge in [0.1, 0.15) is 0 Å². The number of anilines is 3. The molecular formula is C17H15N5O2. The molecule has 3 aromatic rings. The molecule has 1 amide bonds. The molecule has 0 spiro atoms. The topological polar surface area (TPSA) is 89.0 Å². The minimum atomic E-state index is -0.655. The maximum absolute atomic E-state index is 12.0. The molecule has 0 unspecified atom stereocenters. The molecule has 1 aromatic carbocycles. The fourth-order valence-electron chi connectivity index (χ4n) is 2.00. The van der Waals surface area contributed by atoms with Crippen LogP contribution < -0.4 is 15.4 Å². The maximum Gasteiger partial charge on any atom is 0.418 e. The van der Waals surface area contributed by atoms with Gasteiger partial charge in [0.05, 0.1) is 0 Å². The van der Waals surface area contributed by atoms with Crippen LogP contribution in [0.3, 0.4) is 0 Å². The standard InChI is InChI=1S/C17H15N5O2/c1-12-11-14(7-8-18-12)22-17(23)24-16-15(19-9-10-20-16)21-13-5-3-2-4-6-13/h2-11H,1H3,(H,19,21)(H,18,22,23). The number of para-hydroxylation sites is 1. The highest BCUT2D eigenvalue weighted by Crippen LogP contribution is 2.22. The fraction of sp³-hybridized carbons (Fsp3) is 0.0588. The Kier molecular flexibility index (Phi) is 4.62. The number of carbonyl (C=O) groups excluding carboxylic acids is 1. The number of amides is 1. The van der Waals surface area contributed by atoms with Gasteiger partial charge < -0.3 is 10.1 Å². The Hall–Kier alpha value is -3.48. The summed E-state index contributed by atoms with van der Waals surface area (Å²) in [5, 5.41) is 5.69. The highest BCUT2D eigenvalue weighted by atomic mass is 16.6. The number of rotatable bonds is 4. The van der Waals surface area contributed by atoms with Crippen LogP contribution in [0.4, 0.5) is 22.0 Å². The van der Waals surface area contributed by atoms with Crippen LogP contribution in [-0.4, -0.2) is 21.0 Å². The number of hydrogen-bond donors (Lipinski definition) is 2. The van der Waals surface area contributed by atoms with Crippen LogP contribution in [0.5, 0.6) is 5.88 Å². The number of aryl methyl sites for hydroxylation is 1. The summed E-state index contributed by atoms with van der Waals surface area (Å²) in [5.74, 6) is 0.439. The molecule has 7 nitrogen and oxygen atoms in total. The molecule has 0 aliphatic heterocycles. The highest BCUT2D eigenvalue weighted by Gasteiger charge is 2.12. The summed E-state index contributed by atoms with van der Waals surface area (Å²) in [6.45, 7) is 1.83. The monoisotopic (exact) mass is 321 g/mol. The minimum absolute atomic E-state index is 0.0876. The maximum atomic E-state index is 12.0. The van der Waals surface area contributed by atoms with Crippen molar-refractivity contribution in [2.24, 2.45) is 0 Å². The number of nitrogens with zero attached hydrogens (tertiary/aromatic N) is 3. The van der Waals surface area contributed by atoms with Crippen LogP contribution >= 0.6 is 0 Å². The molecule has 0 bridgehead atoms.